The summed E-state index contributed by atoms with van der Waals surface area (Å²) < 4.78 is 15.7. The van der Waals surface area contributed by atoms with Gasteiger partial charge in [0.2, 0.25) is 11.7 Å². The Morgan fingerprint density at radius 3 is 1.88 bits per heavy atom. The number of amides is 2. The van der Waals surface area contributed by atoms with Crippen LogP contribution in [0.5, 0.6) is 17.2 Å². The molecule has 0 saturated carbocycles. The summed E-state index contributed by atoms with van der Waals surface area (Å²) in [6, 6.07) is 9.98. The number of ether oxygens (including phenoxy) is 3. The van der Waals surface area contributed by atoms with Crippen LogP contribution in [0.15, 0.2) is 36.4 Å². The molecule has 2 aromatic rings. The van der Waals surface area contributed by atoms with Crippen LogP contribution in [0.2, 0.25) is 0 Å². The number of methoxy groups -OCH3 is 3. The molecule has 0 saturated heterocycles. The van der Waals surface area contributed by atoms with E-state index in [0.29, 0.717) is 34.2 Å². The Hall–Kier alpha value is -3.22. The number of nitrogens with one attached hydrogen (secondary N) is 2. The summed E-state index contributed by atoms with van der Waals surface area (Å²) in [7, 11) is 4.46. The zero-order valence-electron chi connectivity index (χ0n) is 14.5. The number of carbonyl (C=O) groups excluding carboxylic acids is 2. The average molecular weight is 344 g/mol. The third-order valence-corrected chi connectivity index (χ3v) is 3.37. The fraction of sp³-hybridized carbons (Fsp3) is 0.222. The zero-order valence-corrected chi connectivity index (χ0v) is 14.5. The van der Waals surface area contributed by atoms with E-state index < -0.39 is 0 Å². The standard InChI is InChI=1S/C18H20N2O5/c1-11(21)19-13-6-5-7-14(10-13)20-18(22)12-8-15(23-2)17(25-4)16(9-12)24-3/h5-10H,1-4H3,(H,19,21)(H,20,22). The van der Waals surface area contributed by atoms with Gasteiger partial charge in [-0.25, -0.2) is 0 Å². The highest BCUT2D eigenvalue weighted by Crippen LogP contribution is 2.38. The predicted molar refractivity (Wildman–Crippen MR) is 94.8 cm³/mol. The smallest absolute Gasteiger partial charge is 0.255 e. The monoisotopic (exact) mass is 344 g/mol. The molecule has 0 aliphatic carbocycles. The van der Waals surface area contributed by atoms with Crippen molar-refractivity contribution in [1.82, 2.24) is 0 Å². The number of hydrogen-bond donors (Lipinski definition) is 2. The van der Waals surface area contributed by atoms with Gasteiger partial charge in [-0.3, -0.25) is 9.59 Å². The highest BCUT2D eigenvalue weighted by molar-refractivity contribution is 6.05. The summed E-state index contributed by atoms with van der Waals surface area (Å²) in [4.78, 5) is 23.7. The van der Waals surface area contributed by atoms with Gasteiger partial charge in [0.15, 0.2) is 11.5 Å². The van der Waals surface area contributed by atoms with E-state index in [4.69, 9.17) is 14.2 Å². The summed E-state index contributed by atoms with van der Waals surface area (Å²) in [6.45, 7) is 1.42. The maximum absolute atomic E-state index is 12.5. The topological polar surface area (TPSA) is 85.9 Å². The Morgan fingerprint density at radius 1 is 0.840 bits per heavy atom. The molecule has 0 heterocycles. The molecule has 25 heavy (non-hydrogen) atoms. The van der Waals surface area contributed by atoms with Crippen molar-refractivity contribution in [2.45, 2.75) is 6.92 Å². The van der Waals surface area contributed by atoms with Crippen molar-refractivity contribution in [2.75, 3.05) is 32.0 Å². The largest absolute Gasteiger partial charge is 0.493 e. The second-order valence-electron chi connectivity index (χ2n) is 5.13. The van der Waals surface area contributed by atoms with Gasteiger partial charge in [0.25, 0.3) is 5.91 Å². The minimum atomic E-state index is -0.348. The van der Waals surface area contributed by atoms with Crippen molar-refractivity contribution in [3.05, 3.63) is 42.0 Å². The first-order valence-electron chi connectivity index (χ1n) is 7.47. The van der Waals surface area contributed by atoms with Crippen LogP contribution in [0.4, 0.5) is 11.4 Å². The molecule has 2 rings (SSSR count). The second kappa shape index (κ2) is 8.05. The first-order chi connectivity index (χ1) is 12.0. The number of hydrogen-bond acceptors (Lipinski definition) is 5. The van der Waals surface area contributed by atoms with Crippen molar-refractivity contribution in [3.63, 3.8) is 0 Å². The van der Waals surface area contributed by atoms with E-state index >= 15 is 0 Å². The molecule has 2 aromatic carbocycles. The first kappa shape index (κ1) is 18.1. The summed E-state index contributed by atoms with van der Waals surface area (Å²) in [5.74, 6) is 0.652. The summed E-state index contributed by atoms with van der Waals surface area (Å²) >= 11 is 0. The molecule has 7 heteroatoms. The van der Waals surface area contributed by atoms with E-state index in [0.717, 1.165) is 0 Å². The minimum Gasteiger partial charge on any atom is -0.493 e. The normalized spacial score (nSPS) is 9.92. The molecule has 132 valence electrons. The molecule has 0 radical (unpaired) electrons. The van der Waals surface area contributed by atoms with E-state index in [2.05, 4.69) is 10.6 Å². The van der Waals surface area contributed by atoms with E-state index in [1.807, 2.05) is 0 Å². The van der Waals surface area contributed by atoms with Crippen molar-refractivity contribution < 1.29 is 23.8 Å². The molecule has 0 aliphatic rings. The van der Waals surface area contributed by atoms with Crippen LogP contribution in [0.3, 0.4) is 0 Å². The lowest BCUT2D eigenvalue weighted by molar-refractivity contribution is -0.114. The van der Waals surface area contributed by atoms with Gasteiger partial charge in [-0.05, 0) is 30.3 Å². The molecular weight excluding hydrogens is 324 g/mol. The fourth-order valence-electron chi connectivity index (χ4n) is 2.29. The lowest BCUT2D eigenvalue weighted by Crippen LogP contribution is -2.13. The molecule has 0 aliphatic heterocycles. The molecule has 2 N–H and O–H groups in total. The van der Waals surface area contributed by atoms with Crippen LogP contribution in [-0.2, 0) is 4.79 Å². The van der Waals surface area contributed by atoms with Crippen LogP contribution in [0.25, 0.3) is 0 Å². The summed E-state index contributed by atoms with van der Waals surface area (Å²) in [5, 5.41) is 5.43. The van der Waals surface area contributed by atoms with Crippen LogP contribution in [-0.4, -0.2) is 33.1 Å². The highest BCUT2D eigenvalue weighted by Gasteiger charge is 2.17. The molecule has 0 spiro atoms. The van der Waals surface area contributed by atoms with Crippen molar-refractivity contribution >= 4 is 23.2 Å². The van der Waals surface area contributed by atoms with Gasteiger partial charge in [-0.15, -0.1) is 0 Å². The van der Waals surface area contributed by atoms with Gasteiger partial charge in [-0.2, -0.15) is 0 Å². The third-order valence-electron chi connectivity index (χ3n) is 3.37. The van der Waals surface area contributed by atoms with E-state index in [-0.39, 0.29) is 11.8 Å². The van der Waals surface area contributed by atoms with E-state index in [1.54, 1.807) is 36.4 Å². The first-order valence-corrected chi connectivity index (χ1v) is 7.47. The highest BCUT2D eigenvalue weighted by atomic mass is 16.5. The zero-order chi connectivity index (χ0) is 18.4. The van der Waals surface area contributed by atoms with Crippen molar-refractivity contribution in [3.8, 4) is 17.2 Å². The Bertz CT molecular complexity index is 764. The molecule has 0 bridgehead atoms. The lowest BCUT2D eigenvalue weighted by Gasteiger charge is -2.14. The quantitative estimate of drug-likeness (QED) is 0.841. The molecule has 0 aromatic heterocycles. The van der Waals surface area contributed by atoms with Gasteiger partial charge < -0.3 is 24.8 Å². The molecule has 7 nitrogen and oxygen atoms in total. The number of benzene rings is 2. The SMILES string of the molecule is COc1cc(C(=O)Nc2cccc(NC(C)=O)c2)cc(OC)c1OC. The average Bonchev–Trinajstić information content (AvgIpc) is 2.59. The maximum Gasteiger partial charge on any atom is 0.255 e. The number of carbonyl (C=O) groups is 2. The Labute approximate surface area is 145 Å². The van der Waals surface area contributed by atoms with Crippen molar-refractivity contribution in [1.29, 1.82) is 0 Å². The van der Waals surface area contributed by atoms with Crippen molar-refractivity contribution in [2.24, 2.45) is 0 Å². The van der Waals surface area contributed by atoms with Crippen LogP contribution in [0.1, 0.15) is 17.3 Å². The van der Waals surface area contributed by atoms with Gasteiger partial charge in [0.1, 0.15) is 0 Å². The minimum absolute atomic E-state index is 0.187. The van der Waals surface area contributed by atoms with Gasteiger partial charge in [-0.1, -0.05) is 6.07 Å². The van der Waals surface area contributed by atoms with Crippen LogP contribution < -0.4 is 24.8 Å². The van der Waals surface area contributed by atoms with Crippen LogP contribution in [0, 0.1) is 0 Å². The molecular formula is C18H20N2O5. The summed E-state index contributed by atoms with van der Waals surface area (Å²) in [6.07, 6.45) is 0. The second-order valence-corrected chi connectivity index (χ2v) is 5.13. The maximum atomic E-state index is 12.5. The summed E-state index contributed by atoms with van der Waals surface area (Å²) in [5.41, 5.74) is 1.49. The molecule has 2 amide bonds. The number of rotatable bonds is 6. The lowest BCUT2D eigenvalue weighted by atomic mass is 10.1. The predicted octanol–water partition coefficient (Wildman–Crippen LogP) is 2.92. The fourth-order valence-corrected chi connectivity index (χ4v) is 2.29. The third kappa shape index (κ3) is 4.41. The van der Waals surface area contributed by atoms with Crippen LogP contribution >= 0.6 is 0 Å². The molecule has 0 fully saturated rings. The Kier molecular flexibility index (Phi) is 5.84. The van der Waals surface area contributed by atoms with Gasteiger partial charge >= 0.3 is 0 Å². The van der Waals surface area contributed by atoms with E-state index in [9.17, 15) is 9.59 Å². The molecule has 0 atom stereocenters. The molecule has 0 unspecified atom stereocenters. The Balaban J connectivity index is 2.28. The van der Waals surface area contributed by atoms with Gasteiger partial charge in [0, 0.05) is 23.9 Å². The Morgan fingerprint density at radius 2 is 1.40 bits per heavy atom. The van der Waals surface area contributed by atoms with E-state index in [1.165, 1.54) is 28.3 Å². The number of anilines is 2. The van der Waals surface area contributed by atoms with Gasteiger partial charge in [0.05, 0.1) is 21.3 Å².